The first-order chi connectivity index (χ1) is 8.45. The quantitative estimate of drug-likeness (QED) is 0.820. The zero-order chi connectivity index (χ0) is 13.7. The molecule has 2 atom stereocenters. The minimum atomic E-state index is -0.198. The second-order valence-corrected chi connectivity index (χ2v) is 6.07. The number of hydrogen-bond acceptors (Lipinski definition) is 1. The minimum absolute atomic E-state index is 0.198. The Morgan fingerprint density at radius 3 is 2.44 bits per heavy atom. The number of nitrogens with one attached hydrogen (secondary N) is 1. The molecule has 1 rings (SSSR count). The Hall–Kier alpha value is -0.410. The van der Waals surface area contributed by atoms with Crippen molar-refractivity contribution in [3.05, 3.63) is 34.1 Å². The van der Waals surface area contributed by atoms with Crippen molar-refractivity contribution >= 4 is 15.9 Å². The lowest BCUT2D eigenvalue weighted by molar-refractivity contribution is 0.300. The largest absolute Gasteiger partial charge is 0.314 e. The van der Waals surface area contributed by atoms with Crippen molar-refractivity contribution in [1.82, 2.24) is 5.32 Å². The first kappa shape index (κ1) is 15.6. The Kier molecular flexibility index (Phi) is 6.30. The van der Waals surface area contributed by atoms with Gasteiger partial charge in [-0.05, 0) is 58.4 Å². The average molecular weight is 316 g/mol. The third-order valence-electron chi connectivity index (χ3n) is 3.59. The van der Waals surface area contributed by atoms with E-state index in [0.717, 1.165) is 13.0 Å². The third kappa shape index (κ3) is 4.36. The van der Waals surface area contributed by atoms with Crippen LogP contribution in [-0.2, 0) is 6.42 Å². The lowest BCUT2D eigenvalue weighted by Gasteiger charge is -2.28. The summed E-state index contributed by atoms with van der Waals surface area (Å²) in [5.41, 5.74) is 1.17. The predicted molar refractivity (Wildman–Crippen MR) is 79.3 cm³/mol. The molecule has 1 aromatic rings. The van der Waals surface area contributed by atoms with Gasteiger partial charge in [0.05, 0.1) is 4.47 Å². The molecule has 0 aliphatic heterocycles. The standard InChI is InChI=1S/C15H23BrFN/c1-5-18-15(11(4)10(2)3)9-12-6-7-14(17)13(16)8-12/h6-8,10-11,15,18H,5,9H2,1-4H3. The van der Waals surface area contributed by atoms with Crippen molar-refractivity contribution in [2.24, 2.45) is 11.8 Å². The van der Waals surface area contributed by atoms with Crippen molar-refractivity contribution in [2.75, 3.05) is 6.54 Å². The number of hydrogen-bond donors (Lipinski definition) is 1. The summed E-state index contributed by atoms with van der Waals surface area (Å²) in [7, 11) is 0. The van der Waals surface area contributed by atoms with E-state index in [0.29, 0.717) is 22.4 Å². The van der Waals surface area contributed by atoms with Gasteiger partial charge in [-0.15, -0.1) is 0 Å². The molecular weight excluding hydrogens is 293 g/mol. The topological polar surface area (TPSA) is 12.0 Å². The fraction of sp³-hybridized carbons (Fsp3) is 0.600. The Morgan fingerprint density at radius 1 is 1.28 bits per heavy atom. The first-order valence-electron chi connectivity index (χ1n) is 6.63. The van der Waals surface area contributed by atoms with Crippen LogP contribution in [0.15, 0.2) is 22.7 Å². The molecule has 0 fully saturated rings. The van der Waals surface area contributed by atoms with Gasteiger partial charge in [-0.3, -0.25) is 0 Å². The maximum Gasteiger partial charge on any atom is 0.137 e. The average Bonchev–Trinajstić information content (AvgIpc) is 2.32. The van der Waals surface area contributed by atoms with Crippen LogP contribution in [0.5, 0.6) is 0 Å². The summed E-state index contributed by atoms with van der Waals surface area (Å²) in [4.78, 5) is 0. The van der Waals surface area contributed by atoms with Crippen LogP contribution in [0.3, 0.4) is 0 Å². The summed E-state index contributed by atoms with van der Waals surface area (Å²) in [5.74, 6) is 1.03. The predicted octanol–water partition coefficient (Wildman–Crippen LogP) is 4.40. The zero-order valence-electron chi connectivity index (χ0n) is 11.6. The van der Waals surface area contributed by atoms with E-state index < -0.39 is 0 Å². The van der Waals surface area contributed by atoms with Crippen LogP contribution in [0.1, 0.15) is 33.3 Å². The molecule has 1 nitrogen and oxygen atoms in total. The summed E-state index contributed by atoms with van der Waals surface area (Å²) in [5, 5.41) is 3.54. The van der Waals surface area contributed by atoms with Crippen molar-refractivity contribution < 1.29 is 4.39 Å². The zero-order valence-corrected chi connectivity index (χ0v) is 13.2. The maximum absolute atomic E-state index is 13.2. The molecule has 102 valence electrons. The monoisotopic (exact) mass is 315 g/mol. The van der Waals surface area contributed by atoms with E-state index in [1.54, 1.807) is 0 Å². The molecule has 2 unspecified atom stereocenters. The van der Waals surface area contributed by atoms with Gasteiger partial charge in [0.25, 0.3) is 0 Å². The van der Waals surface area contributed by atoms with Crippen LogP contribution in [-0.4, -0.2) is 12.6 Å². The summed E-state index contributed by atoms with van der Waals surface area (Å²) in [6.07, 6.45) is 0.937. The van der Waals surface area contributed by atoms with E-state index in [9.17, 15) is 4.39 Å². The Bertz CT molecular complexity index is 379. The lowest BCUT2D eigenvalue weighted by Crippen LogP contribution is -2.38. The molecule has 0 aliphatic carbocycles. The molecular formula is C15H23BrFN. The van der Waals surface area contributed by atoms with Gasteiger partial charge >= 0.3 is 0 Å². The van der Waals surface area contributed by atoms with Crippen molar-refractivity contribution in [2.45, 2.75) is 40.2 Å². The smallest absolute Gasteiger partial charge is 0.137 e. The molecule has 1 N–H and O–H groups in total. The molecule has 0 radical (unpaired) electrons. The van der Waals surface area contributed by atoms with Gasteiger partial charge in [-0.25, -0.2) is 4.39 Å². The van der Waals surface area contributed by atoms with Crippen LogP contribution < -0.4 is 5.32 Å². The molecule has 18 heavy (non-hydrogen) atoms. The number of benzene rings is 1. The SMILES string of the molecule is CCNC(Cc1ccc(F)c(Br)c1)C(C)C(C)C. The minimum Gasteiger partial charge on any atom is -0.314 e. The van der Waals surface area contributed by atoms with E-state index in [1.807, 2.05) is 12.1 Å². The van der Waals surface area contributed by atoms with Crippen LogP contribution in [0.2, 0.25) is 0 Å². The van der Waals surface area contributed by atoms with Gasteiger partial charge in [0.15, 0.2) is 0 Å². The molecule has 0 aromatic heterocycles. The number of likely N-dealkylation sites (N-methyl/N-ethyl adjacent to an activating group) is 1. The summed E-state index contributed by atoms with van der Waals surface area (Å²) in [6.45, 7) is 9.85. The third-order valence-corrected chi connectivity index (χ3v) is 4.20. The van der Waals surface area contributed by atoms with Gasteiger partial charge in [0.1, 0.15) is 5.82 Å². The van der Waals surface area contributed by atoms with Gasteiger partial charge in [-0.2, -0.15) is 0 Å². The van der Waals surface area contributed by atoms with Gasteiger partial charge < -0.3 is 5.32 Å². The number of rotatable bonds is 6. The first-order valence-corrected chi connectivity index (χ1v) is 7.42. The Morgan fingerprint density at radius 2 is 1.94 bits per heavy atom. The van der Waals surface area contributed by atoms with Crippen LogP contribution in [0, 0.1) is 17.7 Å². The molecule has 0 saturated carbocycles. The molecule has 0 saturated heterocycles. The van der Waals surface area contributed by atoms with E-state index in [-0.39, 0.29) is 5.82 Å². The Balaban J connectivity index is 2.79. The molecule has 0 aliphatic rings. The summed E-state index contributed by atoms with van der Waals surface area (Å²) < 4.78 is 13.8. The van der Waals surface area contributed by atoms with Crippen molar-refractivity contribution in [3.8, 4) is 0 Å². The highest BCUT2D eigenvalue weighted by Gasteiger charge is 2.19. The van der Waals surface area contributed by atoms with Gasteiger partial charge in [-0.1, -0.05) is 33.8 Å². The van der Waals surface area contributed by atoms with E-state index in [1.165, 1.54) is 11.6 Å². The molecule has 3 heteroatoms. The van der Waals surface area contributed by atoms with Crippen LogP contribution >= 0.6 is 15.9 Å². The second-order valence-electron chi connectivity index (χ2n) is 5.22. The molecule has 0 bridgehead atoms. The van der Waals surface area contributed by atoms with Crippen molar-refractivity contribution in [1.29, 1.82) is 0 Å². The molecule has 1 aromatic carbocycles. The van der Waals surface area contributed by atoms with E-state index in [4.69, 9.17) is 0 Å². The second kappa shape index (κ2) is 7.25. The normalized spacial score (nSPS) is 14.8. The van der Waals surface area contributed by atoms with E-state index >= 15 is 0 Å². The Labute approximate surface area is 118 Å². The van der Waals surface area contributed by atoms with Crippen molar-refractivity contribution in [3.63, 3.8) is 0 Å². The fourth-order valence-corrected chi connectivity index (χ4v) is 2.52. The van der Waals surface area contributed by atoms with Crippen LogP contribution in [0.4, 0.5) is 4.39 Å². The maximum atomic E-state index is 13.2. The lowest BCUT2D eigenvalue weighted by atomic mass is 9.86. The highest BCUT2D eigenvalue weighted by Crippen LogP contribution is 2.21. The molecule has 0 spiro atoms. The van der Waals surface area contributed by atoms with Gasteiger partial charge in [0, 0.05) is 6.04 Å². The summed E-state index contributed by atoms with van der Waals surface area (Å²) >= 11 is 3.25. The number of halogens is 2. The highest BCUT2D eigenvalue weighted by atomic mass is 79.9. The molecule has 0 heterocycles. The summed E-state index contributed by atoms with van der Waals surface area (Å²) in [6, 6.07) is 5.72. The van der Waals surface area contributed by atoms with Crippen LogP contribution in [0.25, 0.3) is 0 Å². The molecule has 0 amide bonds. The van der Waals surface area contributed by atoms with E-state index in [2.05, 4.69) is 48.9 Å². The van der Waals surface area contributed by atoms with Gasteiger partial charge in [0.2, 0.25) is 0 Å². The highest BCUT2D eigenvalue weighted by molar-refractivity contribution is 9.10. The fourth-order valence-electron chi connectivity index (χ4n) is 2.09.